The number of aliphatic imine (C=N–C) groups is 1. The second-order valence-corrected chi connectivity index (χ2v) is 8.88. The summed E-state index contributed by atoms with van der Waals surface area (Å²) in [4.78, 5) is 8.85. The first-order valence-corrected chi connectivity index (χ1v) is 10.7. The smallest absolute Gasteiger partial charge is 0.416 e. The third-order valence-corrected chi connectivity index (χ3v) is 5.01. The summed E-state index contributed by atoms with van der Waals surface area (Å²) < 4.78 is 46.4. The van der Waals surface area contributed by atoms with Gasteiger partial charge < -0.3 is 25.2 Å². The van der Waals surface area contributed by atoms with Crippen LogP contribution in [0.4, 0.5) is 13.2 Å². The van der Waals surface area contributed by atoms with E-state index in [4.69, 9.17) is 4.74 Å². The molecule has 1 aromatic carbocycles. The SMILES string of the molecule is CN=C(NCCN1CCCN(C)CC1)NCc1ccc(OC(C)(C)C)cc1C(F)(F)F.I. The molecule has 0 unspecified atom stereocenters. The van der Waals surface area contributed by atoms with Crippen LogP contribution in [0.25, 0.3) is 0 Å². The van der Waals surface area contributed by atoms with Crippen LogP contribution in [0.15, 0.2) is 23.2 Å². The molecular formula is C22H37F3IN5O. The number of ether oxygens (including phenoxy) is 1. The summed E-state index contributed by atoms with van der Waals surface area (Å²) in [6.45, 7) is 11.2. The summed E-state index contributed by atoms with van der Waals surface area (Å²) in [5.41, 5.74) is -1.13. The number of likely N-dealkylation sites (N-methyl/N-ethyl adjacent to an activating group) is 1. The lowest BCUT2D eigenvalue weighted by Crippen LogP contribution is -2.42. The Bertz CT molecular complexity index is 737. The highest BCUT2D eigenvalue weighted by Gasteiger charge is 2.34. The molecule has 0 saturated carbocycles. The van der Waals surface area contributed by atoms with Crippen molar-refractivity contribution >= 4 is 29.9 Å². The Labute approximate surface area is 207 Å². The summed E-state index contributed by atoms with van der Waals surface area (Å²) in [6, 6.07) is 4.09. The molecule has 0 amide bonds. The summed E-state index contributed by atoms with van der Waals surface area (Å²) in [5, 5.41) is 6.19. The van der Waals surface area contributed by atoms with Gasteiger partial charge in [0.25, 0.3) is 0 Å². The van der Waals surface area contributed by atoms with E-state index >= 15 is 0 Å². The number of rotatable bonds is 6. The number of nitrogens with one attached hydrogen (secondary N) is 2. The van der Waals surface area contributed by atoms with E-state index in [0.717, 1.165) is 45.2 Å². The molecule has 0 atom stereocenters. The summed E-state index contributed by atoms with van der Waals surface area (Å²) >= 11 is 0. The monoisotopic (exact) mass is 571 g/mol. The van der Waals surface area contributed by atoms with Crippen molar-refractivity contribution in [2.45, 2.75) is 45.5 Å². The third kappa shape index (κ3) is 10.1. The molecule has 0 spiro atoms. The zero-order chi connectivity index (χ0) is 23.1. The minimum Gasteiger partial charge on any atom is -0.488 e. The standard InChI is InChI=1S/C22H36F3N5O.HI/c1-21(2,3)31-18-8-7-17(19(15-18)22(23,24)25)16-28-20(26-4)27-9-12-30-11-6-10-29(5)13-14-30;/h7-8,15H,6,9-14,16H2,1-5H3,(H2,26,27,28);1H. The number of alkyl halides is 3. The molecule has 10 heteroatoms. The summed E-state index contributed by atoms with van der Waals surface area (Å²) in [6.07, 6.45) is -3.33. The van der Waals surface area contributed by atoms with Gasteiger partial charge in [0.05, 0.1) is 5.56 Å². The highest BCUT2D eigenvalue weighted by Crippen LogP contribution is 2.35. The Morgan fingerprint density at radius 2 is 1.81 bits per heavy atom. The third-order valence-electron chi connectivity index (χ3n) is 5.01. The van der Waals surface area contributed by atoms with Crippen LogP contribution in [-0.2, 0) is 12.7 Å². The maximum absolute atomic E-state index is 13.6. The maximum Gasteiger partial charge on any atom is 0.416 e. The predicted molar refractivity (Wildman–Crippen MR) is 134 cm³/mol. The average molecular weight is 571 g/mol. The molecule has 0 radical (unpaired) electrons. The number of guanidine groups is 1. The molecule has 6 nitrogen and oxygen atoms in total. The van der Waals surface area contributed by atoms with Crippen LogP contribution in [0.5, 0.6) is 5.75 Å². The van der Waals surface area contributed by atoms with E-state index in [2.05, 4.69) is 32.5 Å². The molecule has 1 aromatic rings. The van der Waals surface area contributed by atoms with Crippen molar-refractivity contribution in [3.05, 3.63) is 29.3 Å². The molecule has 0 aliphatic carbocycles. The zero-order valence-corrected chi connectivity index (χ0v) is 22.0. The number of benzene rings is 1. The van der Waals surface area contributed by atoms with Gasteiger partial charge in [-0.3, -0.25) is 4.99 Å². The number of hydrogen-bond donors (Lipinski definition) is 2. The van der Waals surface area contributed by atoms with Gasteiger partial charge >= 0.3 is 6.18 Å². The van der Waals surface area contributed by atoms with Crippen molar-refractivity contribution in [1.82, 2.24) is 20.4 Å². The Morgan fingerprint density at radius 1 is 1.09 bits per heavy atom. The fourth-order valence-electron chi connectivity index (χ4n) is 3.45. The van der Waals surface area contributed by atoms with Crippen LogP contribution in [-0.4, -0.2) is 74.7 Å². The van der Waals surface area contributed by atoms with E-state index in [1.54, 1.807) is 33.9 Å². The van der Waals surface area contributed by atoms with Crippen LogP contribution in [0.2, 0.25) is 0 Å². The van der Waals surface area contributed by atoms with Gasteiger partial charge in [0.1, 0.15) is 11.4 Å². The molecule has 1 saturated heterocycles. The zero-order valence-electron chi connectivity index (χ0n) is 19.7. The van der Waals surface area contributed by atoms with Crippen LogP contribution in [0.3, 0.4) is 0 Å². The van der Waals surface area contributed by atoms with E-state index in [1.807, 2.05) is 0 Å². The van der Waals surface area contributed by atoms with Gasteiger partial charge in [-0.25, -0.2) is 0 Å². The first kappa shape index (κ1) is 28.8. The lowest BCUT2D eigenvalue weighted by molar-refractivity contribution is -0.138. The summed E-state index contributed by atoms with van der Waals surface area (Å²) in [7, 11) is 3.74. The van der Waals surface area contributed by atoms with Crippen molar-refractivity contribution in [3.63, 3.8) is 0 Å². The van der Waals surface area contributed by atoms with Crippen molar-refractivity contribution in [2.75, 3.05) is 53.4 Å². The number of halogens is 4. The molecule has 32 heavy (non-hydrogen) atoms. The lowest BCUT2D eigenvalue weighted by Gasteiger charge is -2.23. The minimum atomic E-state index is -4.47. The molecule has 2 N–H and O–H groups in total. The fourth-order valence-corrected chi connectivity index (χ4v) is 3.45. The normalized spacial score (nSPS) is 16.8. The van der Waals surface area contributed by atoms with Gasteiger partial charge in [-0.15, -0.1) is 24.0 Å². The molecule has 1 fully saturated rings. The molecule has 1 aliphatic rings. The van der Waals surface area contributed by atoms with E-state index in [-0.39, 0.29) is 41.8 Å². The first-order valence-electron chi connectivity index (χ1n) is 10.7. The van der Waals surface area contributed by atoms with Crippen LogP contribution in [0, 0.1) is 0 Å². The van der Waals surface area contributed by atoms with E-state index < -0.39 is 17.3 Å². The second-order valence-electron chi connectivity index (χ2n) is 8.88. The Balaban J connectivity index is 0.00000512. The Kier molecular flexibility index (Phi) is 11.5. The minimum absolute atomic E-state index is 0. The topological polar surface area (TPSA) is 52.1 Å². The molecule has 0 aromatic heterocycles. The highest BCUT2D eigenvalue weighted by atomic mass is 127. The first-order chi connectivity index (χ1) is 14.5. The van der Waals surface area contributed by atoms with Gasteiger partial charge in [0.15, 0.2) is 5.96 Å². The summed E-state index contributed by atoms with van der Waals surface area (Å²) in [5.74, 6) is 0.684. The Morgan fingerprint density at radius 3 is 2.44 bits per heavy atom. The predicted octanol–water partition coefficient (Wildman–Crippen LogP) is 3.80. The fraction of sp³-hybridized carbons (Fsp3) is 0.682. The second kappa shape index (κ2) is 12.8. The highest BCUT2D eigenvalue weighted by molar-refractivity contribution is 14.0. The number of hydrogen-bond acceptors (Lipinski definition) is 4. The van der Waals surface area contributed by atoms with Gasteiger partial charge in [-0.2, -0.15) is 13.2 Å². The molecule has 1 heterocycles. The molecule has 0 bridgehead atoms. The van der Waals surface area contributed by atoms with Crippen LogP contribution < -0.4 is 15.4 Å². The molecule has 2 rings (SSSR count). The molecule has 1 aliphatic heterocycles. The largest absolute Gasteiger partial charge is 0.488 e. The Hall–Kier alpha value is -1.27. The maximum atomic E-state index is 13.6. The van der Waals surface area contributed by atoms with E-state index in [0.29, 0.717) is 12.5 Å². The number of nitrogens with zero attached hydrogens (tertiary/aromatic N) is 3. The van der Waals surface area contributed by atoms with Crippen LogP contribution in [0.1, 0.15) is 38.3 Å². The average Bonchev–Trinajstić information content (AvgIpc) is 2.87. The van der Waals surface area contributed by atoms with Crippen molar-refractivity contribution in [1.29, 1.82) is 0 Å². The van der Waals surface area contributed by atoms with Crippen LogP contribution >= 0.6 is 24.0 Å². The lowest BCUT2D eigenvalue weighted by atomic mass is 10.1. The van der Waals surface area contributed by atoms with Crippen molar-refractivity contribution in [2.24, 2.45) is 4.99 Å². The molecular weight excluding hydrogens is 534 g/mol. The van der Waals surface area contributed by atoms with Gasteiger partial charge in [0, 0.05) is 39.8 Å². The van der Waals surface area contributed by atoms with Gasteiger partial charge in [-0.1, -0.05) is 6.07 Å². The van der Waals surface area contributed by atoms with Gasteiger partial charge in [0.2, 0.25) is 0 Å². The van der Waals surface area contributed by atoms with Crippen molar-refractivity contribution < 1.29 is 17.9 Å². The quantitative estimate of drug-likeness (QED) is 0.309. The van der Waals surface area contributed by atoms with Gasteiger partial charge in [-0.05, 0) is 65.0 Å². The van der Waals surface area contributed by atoms with E-state index in [1.165, 1.54) is 6.07 Å². The van der Waals surface area contributed by atoms with E-state index in [9.17, 15) is 13.2 Å². The van der Waals surface area contributed by atoms with Crippen molar-refractivity contribution in [3.8, 4) is 5.75 Å². The molecule has 184 valence electrons.